The van der Waals surface area contributed by atoms with E-state index in [0.717, 1.165) is 19.4 Å². The highest BCUT2D eigenvalue weighted by Gasteiger charge is 2.33. The Labute approximate surface area is 100 Å². The molecule has 92 valence electrons. The monoisotopic (exact) mass is 222 g/mol. The van der Waals surface area contributed by atoms with Crippen LogP contribution in [0.5, 0.6) is 0 Å². The van der Waals surface area contributed by atoms with Crippen LogP contribution in [0.4, 0.5) is 0 Å². The van der Waals surface area contributed by atoms with E-state index in [1.807, 2.05) is 13.8 Å². The number of nitriles is 1. The predicted molar refractivity (Wildman–Crippen MR) is 68.1 cm³/mol. The maximum absolute atomic E-state index is 8.92. The molecule has 1 fully saturated rings. The molecule has 0 aromatic carbocycles. The van der Waals surface area contributed by atoms with Gasteiger partial charge in [0.2, 0.25) is 0 Å². The van der Waals surface area contributed by atoms with Crippen molar-refractivity contribution in [2.24, 2.45) is 10.8 Å². The third-order valence-corrected chi connectivity index (χ3v) is 3.93. The maximum atomic E-state index is 8.92. The Balaban J connectivity index is 2.20. The summed E-state index contributed by atoms with van der Waals surface area (Å²) in [6.07, 6.45) is 6.11. The molecule has 0 spiro atoms. The van der Waals surface area contributed by atoms with Crippen LogP contribution in [0.2, 0.25) is 0 Å². The highest BCUT2D eigenvalue weighted by molar-refractivity contribution is 4.92. The lowest BCUT2D eigenvalue weighted by atomic mass is 9.87. The molecule has 1 unspecified atom stereocenters. The highest BCUT2D eigenvalue weighted by Crippen LogP contribution is 2.37. The van der Waals surface area contributed by atoms with Crippen LogP contribution >= 0.6 is 0 Å². The normalized spacial score (nSPS) is 24.3. The quantitative estimate of drug-likeness (QED) is 0.723. The van der Waals surface area contributed by atoms with E-state index in [9.17, 15) is 0 Å². The van der Waals surface area contributed by atoms with E-state index in [-0.39, 0.29) is 5.41 Å². The Kier molecular flexibility index (Phi) is 4.38. The predicted octanol–water partition coefficient (Wildman–Crippen LogP) is 3.48. The second-order valence-corrected chi connectivity index (χ2v) is 6.49. The minimum Gasteiger partial charge on any atom is -0.313 e. The minimum absolute atomic E-state index is 0.160. The molecule has 0 saturated heterocycles. The van der Waals surface area contributed by atoms with Crippen molar-refractivity contribution in [2.75, 3.05) is 6.54 Å². The summed E-state index contributed by atoms with van der Waals surface area (Å²) < 4.78 is 0. The standard InChI is InChI=1S/C14H26N2/c1-13(2,11-15)8-6-10-16-12-7-5-9-14(12,3)4/h12,16H,5-10H2,1-4H3. The van der Waals surface area contributed by atoms with Crippen molar-refractivity contribution in [3.8, 4) is 6.07 Å². The van der Waals surface area contributed by atoms with E-state index >= 15 is 0 Å². The average Bonchev–Trinajstić information content (AvgIpc) is 2.53. The van der Waals surface area contributed by atoms with Crippen LogP contribution in [0.25, 0.3) is 0 Å². The van der Waals surface area contributed by atoms with Crippen molar-refractivity contribution < 1.29 is 0 Å². The molecule has 1 N–H and O–H groups in total. The zero-order chi connectivity index (χ0) is 12.2. The zero-order valence-electron chi connectivity index (χ0n) is 11.3. The van der Waals surface area contributed by atoms with Crippen LogP contribution in [0.15, 0.2) is 0 Å². The fraction of sp³-hybridized carbons (Fsp3) is 0.929. The summed E-state index contributed by atoms with van der Waals surface area (Å²) in [5.41, 5.74) is 0.303. The summed E-state index contributed by atoms with van der Waals surface area (Å²) in [5, 5.41) is 12.6. The molecular weight excluding hydrogens is 196 g/mol. The largest absolute Gasteiger partial charge is 0.313 e. The topological polar surface area (TPSA) is 35.8 Å². The number of hydrogen-bond acceptors (Lipinski definition) is 2. The van der Waals surface area contributed by atoms with Gasteiger partial charge in [-0.1, -0.05) is 20.3 Å². The van der Waals surface area contributed by atoms with Gasteiger partial charge < -0.3 is 5.32 Å². The lowest BCUT2D eigenvalue weighted by molar-refractivity contribution is 0.279. The molecule has 2 nitrogen and oxygen atoms in total. The van der Waals surface area contributed by atoms with E-state index in [4.69, 9.17) is 5.26 Å². The SMILES string of the molecule is CC(C)(C#N)CCCNC1CCCC1(C)C. The number of nitrogens with zero attached hydrogens (tertiary/aromatic N) is 1. The molecule has 0 aromatic heterocycles. The van der Waals surface area contributed by atoms with Gasteiger partial charge >= 0.3 is 0 Å². The number of rotatable bonds is 5. The molecule has 0 radical (unpaired) electrons. The van der Waals surface area contributed by atoms with Crippen molar-refractivity contribution in [1.82, 2.24) is 5.32 Å². The molecule has 1 aliphatic rings. The van der Waals surface area contributed by atoms with Crippen LogP contribution in [-0.2, 0) is 0 Å². The summed E-state index contributed by atoms with van der Waals surface area (Å²) >= 11 is 0. The van der Waals surface area contributed by atoms with Gasteiger partial charge in [0, 0.05) is 6.04 Å². The molecule has 16 heavy (non-hydrogen) atoms. The maximum Gasteiger partial charge on any atom is 0.0683 e. The number of hydrogen-bond donors (Lipinski definition) is 1. The Morgan fingerprint density at radius 2 is 2.12 bits per heavy atom. The van der Waals surface area contributed by atoms with Crippen molar-refractivity contribution in [3.05, 3.63) is 0 Å². The highest BCUT2D eigenvalue weighted by atomic mass is 14.9. The van der Waals surface area contributed by atoms with Gasteiger partial charge in [-0.2, -0.15) is 5.26 Å². The van der Waals surface area contributed by atoms with Gasteiger partial charge in [0.15, 0.2) is 0 Å². The summed E-state index contributed by atoms with van der Waals surface area (Å²) in [4.78, 5) is 0. The van der Waals surface area contributed by atoms with Gasteiger partial charge in [0.05, 0.1) is 11.5 Å². The molecule has 0 amide bonds. The third-order valence-electron chi connectivity index (χ3n) is 3.93. The molecular formula is C14H26N2. The molecule has 2 heteroatoms. The van der Waals surface area contributed by atoms with E-state index in [0.29, 0.717) is 11.5 Å². The van der Waals surface area contributed by atoms with Gasteiger partial charge in [-0.15, -0.1) is 0 Å². The first-order valence-corrected chi connectivity index (χ1v) is 6.52. The molecule has 1 aliphatic carbocycles. The molecule has 0 aliphatic heterocycles. The van der Waals surface area contributed by atoms with E-state index < -0.39 is 0 Å². The fourth-order valence-electron chi connectivity index (χ4n) is 2.57. The van der Waals surface area contributed by atoms with Crippen molar-refractivity contribution in [2.45, 2.75) is 65.8 Å². The summed E-state index contributed by atoms with van der Waals surface area (Å²) in [6, 6.07) is 3.04. The van der Waals surface area contributed by atoms with Gasteiger partial charge in [0.1, 0.15) is 0 Å². The second-order valence-electron chi connectivity index (χ2n) is 6.49. The Bertz CT molecular complexity index is 260. The zero-order valence-corrected chi connectivity index (χ0v) is 11.3. The van der Waals surface area contributed by atoms with Gasteiger partial charge in [-0.25, -0.2) is 0 Å². The minimum atomic E-state index is -0.160. The second kappa shape index (κ2) is 5.19. The van der Waals surface area contributed by atoms with Gasteiger partial charge in [-0.05, 0) is 51.5 Å². The molecule has 1 atom stereocenters. The first-order chi connectivity index (χ1) is 7.37. The molecule has 0 aromatic rings. The molecule has 0 bridgehead atoms. The average molecular weight is 222 g/mol. The molecule has 0 heterocycles. The van der Waals surface area contributed by atoms with E-state index in [1.54, 1.807) is 0 Å². The summed E-state index contributed by atoms with van der Waals surface area (Å²) in [7, 11) is 0. The first-order valence-electron chi connectivity index (χ1n) is 6.52. The lowest BCUT2D eigenvalue weighted by Gasteiger charge is -2.28. The van der Waals surface area contributed by atoms with Crippen molar-refractivity contribution in [1.29, 1.82) is 5.26 Å². The smallest absolute Gasteiger partial charge is 0.0683 e. The first kappa shape index (κ1) is 13.5. The molecule has 1 rings (SSSR count). The van der Waals surface area contributed by atoms with Crippen LogP contribution in [0.1, 0.15) is 59.8 Å². The van der Waals surface area contributed by atoms with Crippen molar-refractivity contribution in [3.63, 3.8) is 0 Å². The fourth-order valence-corrected chi connectivity index (χ4v) is 2.57. The number of nitrogens with one attached hydrogen (secondary N) is 1. The van der Waals surface area contributed by atoms with Gasteiger partial charge in [-0.3, -0.25) is 0 Å². The summed E-state index contributed by atoms with van der Waals surface area (Å²) in [5.74, 6) is 0. The van der Waals surface area contributed by atoms with Gasteiger partial charge in [0.25, 0.3) is 0 Å². The van der Waals surface area contributed by atoms with E-state index in [2.05, 4.69) is 25.2 Å². The van der Waals surface area contributed by atoms with E-state index in [1.165, 1.54) is 19.3 Å². The van der Waals surface area contributed by atoms with Crippen molar-refractivity contribution >= 4 is 0 Å². The molecule has 1 saturated carbocycles. The lowest BCUT2D eigenvalue weighted by Crippen LogP contribution is -2.38. The van der Waals surface area contributed by atoms with Crippen LogP contribution in [0, 0.1) is 22.2 Å². The van der Waals surface area contributed by atoms with Crippen LogP contribution in [0.3, 0.4) is 0 Å². The Hall–Kier alpha value is -0.550. The Morgan fingerprint density at radius 1 is 1.44 bits per heavy atom. The Morgan fingerprint density at radius 3 is 2.62 bits per heavy atom. The van der Waals surface area contributed by atoms with Crippen LogP contribution in [-0.4, -0.2) is 12.6 Å². The summed E-state index contributed by atoms with van der Waals surface area (Å²) in [6.45, 7) is 9.81. The third kappa shape index (κ3) is 3.79. The van der Waals surface area contributed by atoms with Crippen LogP contribution < -0.4 is 5.32 Å².